The minimum atomic E-state index is 0.369. The van der Waals surface area contributed by atoms with Gasteiger partial charge in [-0.25, -0.2) is 9.97 Å². The highest BCUT2D eigenvalue weighted by Gasteiger charge is 2.11. The van der Waals surface area contributed by atoms with Crippen LogP contribution in [0.3, 0.4) is 0 Å². The van der Waals surface area contributed by atoms with E-state index in [1.54, 1.807) is 0 Å². The molecule has 21 heavy (non-hydrogen) atoms. The third-order valence-corrected chi connectivity index (χ3v) is 3.62. The van der Waals surface area contributed by atoms with Crippen LogP contribution in [-0.2, 0) is 0 Å². The van der Waals surface area contributed by atoms with E-state index in [0.29, 0.717) is 5.92 Å². The van der Waals surface area contributed by atoms with E-state index in [4.69, 9.17) is 4.98 Å². The Kier molecular flexibility index (Phi) is 3.57. The van der Waals surface area contributed by atoms with Crippen LogP contribution in [0.15, 0.2) is 48.5 Å². The molecule has 0 aliphatic rings. The lowest BCUT2D eigenvalue weighted by molar-refractivity contribution is 0.818. The van der Waals surface area contributed by atoms with Gasteiger partial charge in [-0.2, -0.15) is 0 Å². The van der Waals surface area contributed by atoms with Gasteiger partial charge in [0.15, 0.2) is 5.82 Å². The Bertz CT molecular complexity index is 773. The van der Waals surface area contributed by atoms with Crippen LogP contribution in [0.5, 0.6) is 0 Å². The van der Waals surface area contributed by atoms with Gasteiger partial charge in [-0.15, -0.1) is 0 Å². The van der Waals surface area contributed by atoms with Crippen molar-refractivity contribution in [1.82, 2.24) is 9.97 Å². The molecular weight excluding hydrogens is 258 g/mol. The fourth-order valence-electron chi connectivity index (χ4n) is 2.43. The van der Waals surface area contributed by atoms with Crippen LogP contribution in [-0.4, -0.2) is 17.0 Å². The highest BCUT2D eigenvalue weighted by molar-refractivity contribution is 5.95. The molecule has 0 aliphatic carbocycles. The maximum absolute atomic E-state index is 4.75. The van der Waals surface area contributed by atoms with Gasteiger partial charge in [0.25, 0.3) is 0 Å². The molecule has 0 saturated heterocycles. The van der Waals surface area contributed by atoms with E-state index in [9.17, 15) is 0 Å². The number of anilines is 1. The predicted molar refractivity (Wildman–Crippen MR) is 88.6 cm³/mol. The Morgan fingerprint density at radius 1 is 0.952 bits per heavy atom. The number of fused-ring (bicyclic) bond motifs is 1. The van der Waals surface area contributed by atoms with Crippen molar-refractivity contribution in [1.29, 1.82) is 0 Å². The van der Waals surface area contributed by atoms with Crippen molar-refractivity contribution in [3.05, 3.63) is 54.2 Å². The molecule has 1 N–H and O–H groups in total. The van der Waals surface area contributed by atoms with Gasteiger partial charge in [-0.05, 0) is 16.7 Å². The molecule has 2 aromatic carbocycles. The summed E-state index contributed by atoms with van der Waals surface area (Å²) in [6, 6.07) is 16.6. The smallest absolute Gasteiger partial charge is 0.162 e. The van der Waals surface area contributed by atoms with Crippen molar-refractivity contribution in [2.45, 2.75) is 19.8 Å². The molecule has 106 valence electrons. The van der Waals surface area contributed by atoms with Crippen molar-refractivity contribution in [3.63, 3.8) is 0 Å². The zero-order chi connectivity index (χ0) is 14.8. The van der Waals surface area contributed by atoms with Gasteiger partial charge >= 0.3 is 0 Å². The maximum atomic E-state index is 4.75. The first-order chi connectivity index (χ1) is 10.2. The van der Waals surface area contributed by atoms with E-state index < -0.39 is 0 Å². The highest BCUT2D eigenvalue weighted by Crippen LogP contribution is 2.28. The third kappa shape index (κ3) is 2.59. The lowest BCUT2D eigenvalue weighted by Gasteiger charge is -2.11. The van der Waals surface area contributed by atoms with Gasteiger partial charge in [0, 0.05) is 24.4 Å². The van der Waals surface area contributed by atoms with Crippen molar-refractivity contribution >= 4 is 16.6 Å². The second-order valence-corrected chi connectivity index (χ2v) is 5.43. The summed E-state index contributed by atoms with van der Waals surface area (Å²) >= 11 is 0. The Labute approximate surface area is 125 Å². The van der Waals surface area contributed by atoms with Crippen molar-refractivity contribution in [3.8, 4) is 11.4 Å². The van der Waals surface area contributed by atoms with Crippen LogP contribution in [0.4, 0.5) is 5.82 Å². The molecule has 0 aliphatic heterocycles. The van der Waals surface area contributed by atoms with E-state index >= 15 is 0 Å². The minimum absolute atomic E-state index is 0.369. The van der Waals surface area contributed by atoms with Gasteiger partial charge in [-0.3, -0.25) is 0 Å². The quantitative estimate of drug-likeness (QED) is 0.768. The molecule has 1 aromatic heterocycles. The fraction of sp³-hybridized carbons (Fsp3) is 0.222. The average molecular weight is 277 g/mol. The summed E-state index contributed by atoms with van der Waals surface area (Å²) in [5.41, 5.74) is 2.13. The molecule has 0 radical (unpaired) electrons. The molecule has 0 spiro atoms. The van der Waals surface area contributed by atoms with Crippen LogP contribution in [0.2, 0.25) is 0 Å². The number of hydrogen-bond acceptors (Lipinski definition) is 3. The van der Waals surface area contributed by atoms with Crippen molar-refractivity contribution in [2.75, 3.05) is 12.4 Å². The standard InChI is InChI=1S/C18H19N3/c1-12(2)16-11-17(19-3)21-18(20-16)15-10-6-8-13-7-4-5-9-14(13)15/h4-12H,1-3H3,(H,19,20,21). The second-order valence-electron chi connectivity index (χ2n) is 5.43. The molecule has 0 fully saturated rings. The van der Waals surface area contributed by atoms with E-state index in [1.165, 1.54) is 10.8 Å². The number of nitrogens with one attached hydrogen (secondary N) is 1. The Balaban J connectivity index is 2.25. The van der Waals surface area contributed by atoms with Crippen LogP contribution in [0, 0.1) is 0 Å². The largest absolute Gasteiger partial charge is 0.373 e. The van der Waals surface area contributed by atoms with Crippen LogP contribution in [0.1, 0.15) is 25.5 Å². The summed E-state index contributed by atoms with van der Waals surface area (Å²) < 4.78 is 0. The van der Waals surface area contributed by atoms with Gasteiger partial charge in [0.1, 0.15) is 5.82 Å². The molecule has 3 nitrogen and oxygen atoms in total. The number of benzene rings is 2. The molecule has 1 heterocycles. The molecule has 0 atom stereocenters. The monoisotopic (exact) mass is 277 g/mol. The highest BCUT2D eigenvalue weighted by atomic mass is 15.0. The summed E-state index contributed by atoms with van der Waals surface area (Å²) in [5.74, 6) is 2.01. The number of hydrogen-bond donors (Lipinski definition) is 1. The lowest BCUT2D eigenvalue weighted by Crippen LogP contribution is -2.02. The SMILES string of the molecule is CNc1cc(C(C)C)nc(-c2cccc3ccccc23)n1. The van der Waals surface area contributed by atoms with Crippen LogP contribution in [0.25, 0.3) is 22.2 Å². The van der Waals surface area contributed by atoms with Gasteiger partial charge in [-0.1, -0.05) is 56.3 Å². The average Bonchev–Trinajstić information content (AvgIpc) is 2.53. The van der Waals surface area contributed by atoms with Crippen LogP contribution < -0.4 is 5.32 Å². The number of aromatic nitrogens is 2. The van der Waals surface area contributed by atoms with Gasteiger partial charge in [0.05, 0.1) is 0 Å². The minimum Gasteiger partial charge on any atom is -0.373 e. The van der Waals surface area contributed by atoms with E-state index in [-0.39, 0.29) is 0 Å². The maximum Gasteiger partial charge on any atom is 0.162 e. The Morgan fingerprint density at radius 2 is 1.71 bits per heavy atom. The second kappa shape index (κ2) is 5.52. The zero-order valence-electron chi connectivity index (χ0n) is 12.6. The first kappa shape index (κ1) is 13.6. The Morgan fingerprint density at radius 3 is 2.48 bits per heavy atom. The molecule has 0 amide bonds. The summed E-state index contributed by atoms with van der Waals surface area (Å²) in [4.78, 5) is 9.38. The zero-order valence-corrected chi connectivity index (χ0v) is 12.6. The molecule has 0 bridgehead atoms. The fourth-order valence-corrected chi connectivity index (χ4v) is 2.43. The molecule has 3 heteroatoms. The molecule has 3 rings (SSSR count). The topological polar surface area (TPSA) is 37.8 Å². The molecule has 0 saturated carbocycles. The van der Waals surface area contributed by atoms with Crippen molar-refractivity contribution < 1.29 is 0 Å². The van der Waals surface area contributed by atoms with Gasteiger partial charge in [0.2, 0.25) is 0 Å². The molecule has 3 aromatic rings. The third-order valence-electron chi connectivity index (χ3n) is 3.62. The van der Waals surface area contributed by atoms with Crippen LogP contribution >= 0.6 is 0 Å². The predicted octanol–water partition coefficient (Wildman–Crippen LogP) is 4.46. The lowest BCUT2D eigenvalue weighted by atomic mass is 10.0. The normalized spacial score (nSPS) is 11.0. The van der Waals surface area contributed by atoms with E-state index in [1.807, 2.05) is 13.1 Å². The number of nitrogens with zero attached hydrogens (tertiary/aromatic N) is 2. The van der Waals surface area contributed by atoms with E-state index in [2.05, 4.69) is 66.6 Å². The van der Waals surface area contributed by atoms with E-state index in [0.717, 1.165) is 22.9 Å². The van der Waals surface area contributed by atoms with Gasteiger partial charge < -0.3 is 5.32 Å². The first-order valence-electron chi connectivity index (χ1n) is 7.24. The number of rotatable bonds is 3. The summed E-state index contributed by atoms with van der Waals surface area (Å²) in [6.07, 6.45) is 0. The molecule has 0 unspecified atom stereocenters. The first-order valence-corrected chi connectivity index (χ1v) is 7.24. The Hall–Kier alpha value is -2.42. The van der Waals surface area contributed by atoms with Crippen molar-refractivity contribution in [2.24, 2.45) is 0 Å². The summed E-state index contributed by atoms with van der Waals surface area (Å²) in [7, 11) is 1.89. The summed E-state index contributed by atoms with van der Waals surface area (Å²) in [6.45, 7) is 4.29. The summed E-state index contributed by atoms with van der Waals surface area (Å²) in [5, 5.41) is 5.52. The molecular formula is C18H19N3.